The maximum atomic E-state index is 3.16. The van der Waals surface area contributed by atoms with Gasteiger partial charge in [-0.25, -0.2) is 0 Å². The second-order valence-corrected chi connectivity index (χ2v) is 4.18. The van der Waals surface area contributed by atoms with E-state index in [1.165, 1.54) is 11.1 Å². The molecule has 0 radical (unpaired) electrons. The van der Waals surface area contributed by atoms with Crippen molar-refractivity contribution in [1.82, 2.24) is 0 Å². The van der Waals surface area contributed by atoms with Gasteiger partial charge in [-0.2, -0.15) is 0 Å². The van der Waals surface area contributed by atoms with E-state index in [4.69, 9.17) is 0 Å². The van der Waals surface area contributed by atoms with Gasteiger partial charge in [0.2, 0.25) is 0 Å². The third kappa shape index (κ3) is 3.96. The van der Waals surface area contributed by atoms with Crippen LogP contribution in [0.5, 0.6) is 0 Å². The van der Waals surface area contributed by atoms with E-state index in [1.807, 2.05) is 18.2 Å². The van der Waals surface area contributed by atoms with E-state index < -0.39 is 0 Å². The molecule has 0 aliphatic carbocycles. The van der Waals surface area contributed by atoms with Crippen LogP contribution in [0.2, 0.25) is 0 Å². The van der Waals surface area contributed by atoms with Crippen molar-refractivity contribution in [1.29, 1.82) is 0 Å². The second-order valence-electron chi connectivity index (χ2n) is 4.18. The molecule has 0 nitrogen and oxygen atoms in total. The number of rotatable bonds is 2. The Kier molecular flexibility index (Phi) is 4.39. The molecule has 0 aliphatic rings. The fraction of sp³-hybridized carbons (Fsp3) is 0.111. The quantitative estimate of drug-likeness (QED) is 0.671. The summed E-state index contributed by atoms with van der Waals surface area (Å²) in [5.74, 6) is 6.31. The van der Waals surface area contributed by atoms with Gasteiger partial charge in [0.25, 0.3) is 0 Å². The standard InChI is InChI=1S/C18H16/c1-16-12-14-18(15-13-16)11-7-3-6-10-17-8-4-2-5-9-17/h2,4-6,8-10,12-15H,3H2,1H3/b10-6+. The molecule has 0 unspecified atom stereocenters. The molecule has 0 heteroatoms. The van der Waals surface area contributed by atoms with Gasteiger partial charge in [-0.3, -0.25) is 0 Å². The largest absolute Gasteiger partial charge is 0.0937 e. The first-order valence-electron chi connectivity index (χ1n) is 6.12. The van der Waals surface area contributed by atoms with Crippen LogP contribution in [0.25, 0.3) is 6.08 Å². The highest BCUT2D eigenvalue weighted by atomic mass is 13.9. The monoisotopic (exact) mass is 232 g/mol. The minimum atomic E-state index is 0.781. The molecule has 0 amide bonds. The summed E-state index contributed by atoms with van der Waals surface area (Å²) in [5.41, 5.74) is 3.56. The number of aryl methyl sites for hydroxylation is 1. The van der Waals surface area contributed by atoms with Crippen LogP contribution in [0, 0.1) is 18.8 Å². The summed E-state index contributed by atoms with van der Waals surface area (Å²) in [6.45, 7) is 2.08. The van der Waals surface area contributed by atoms with Crippen molar-refractivity contribution in [2.45, 2.75) is 13.3 Å². The third-order valence-corrected chi connectivity index (χ3v) is 2.61. The molecular weight excluding hydrogens is 216 g/mol. The summed E-state index contributed by atoms with van der Waals surface area (Å²) in [6.07, 6.45) is 4.98. The lowest BCUT2D eigenvalue weighted by Gasteiger charge is -1.91. The summed E-state index contributed by atoms with van der Waals surface area (Å²) in [4.78, 5) is 0. The van der Waals surface area contributed by atoms with Crippen LogP contribution >= 0.6 is 0 Å². The van der Waals surface area contributed by atoms with Crippen LogP contribution in [0.3, 0.4) is 0 Å². The molecule has 0 saturated carbocycles. The highest BCUT2D eigenvalue weighted by Crippen LogP contribution is 2.02. The van der Waals surface area contributed by atoms with Gasteiger partial charge >= 0.3 is 0 Å². The Balaban J connectivity index is 1.89. The van der Waals surface area contributed by atoms with Gasteiger partial charge < -0.3 is 0 Å². The summed E-state index contributed by atoms with van der Waals surface area (Å²) < 4.78 is 0. The Bertz CT molecular complexity index is 563. The Morgan fingerprint density at radius 2 is 1.67 bits per heavy atom. The predicted molar refractivity (Wildman–Crippen MR) is 78.2 cm³/mol. The van der Waals surface area contributed by atoms with E-state index in [0.717, 1.165) is 12.0 Å². The zero-order valence-electron chi connectivity index (χ0n) is 10.6. The van der Waals surface area contributed by atoms with Gasteiger partial charge in [0.1, 0.15) is 0 Å². The SMILES string of the molecule is Cc1ccc(C#CC/C=C/c2ccccc2)cc1. The van der Waals surface area contributed by atoms with Gasteiger partial charge in [-0.05, 0) is 24.6 Å². The zero-order valence-corrected chi connectivity index (χ0v) is 10.6. The van der Waals surface area contributed by atoms with Crippen molar-refractivity contribution in [3.05, 3.63) is 77.4 Å². The second kappa shape index (κ2) is 6.47. The Labute approximate surface area is 109 Å². The van der Waals surface area contributed by atoms with Crippen LogP contribution in [0.1, 0.15) is 23.1 Å². The minimum absolute atomic E-state index is 0.781. The summed E-state index contributed by atoms with van der Waals surface area (Å²) in [5, 5.41) is 0. The van der Waals surface area contributed by atoms with Gasteiger partial charge in [0, 0.05) is 12.0 Å². The molecule has 0 aromatic heterocycles. The van der Waals surface area contributed by atoms with Crippen LogP contribution in [-0.4, -0.2) is 0 Å². The predicted octanol–water partition coefficient (Wildman–Crippen LogP) is 4.45. The molecule has 0 aliphatic heterocycles. The Hall–Kier alpha value is -2.26. The van der Waals surface area contributed by atoms with Crippen molar-refractivity contribution in [2.75, 3.05) is 0 Å². The first-order valence-corrected chi connectivity index (χ1v) is 6.12. The molecule has 0 atom stereocenters. The van der Waals surface area contributed by atoms with Crippen LogP contribution in [-0.2, 0) is 0 Å². The normalized spacial score (nSPS) is 10.1. The first-order chi connectivity index (χ1) is 8.84. The van der Waals surface area contributed by atoms with Crippen molar-refractivity contribution in [3.63, 3.8) is 0 Å². The maximum Gasteiger partial charge on any atom is 0.0276 e. The summed E-state index contributed by atoms with van der Waals surface area (Å²) in [6, 6.07) is 18.6. The van der Waals surface area contributed by atoms with Gasteiger partial charge in [0.15, 0.2) is 0 Å². The first kappa shape index (κ1) is 12.2. The van der Waals surface area contributed by atoms with Crippen LogP contribution in [0.15, 0.2) is 60.7 Å². The fourth-order valence-electron chi connectivity index (χ4n) is 1.61. The average Bonchev–Trinajstić information content (AvgIpc) is 2.42. The van der Waals surface area contributed by atoms with Crippen molar-refractivity contribution < 1.29 is 0 Å². The highest BCUT2D eigenvalue weighted by molar-refractivity contribution is 5.49. The summed E-state index contributed by atoms with van der Waals surface area (Å²) in [7, 11) is 0. The molecule has 18 heavy (non-hydrogen) atoms. The third-order valence-electron chi connectivity index (χ3n) is 2.61. The molecule has 2 rings (SSSR count). The topological polar surface area (TPSA) is 0 Å². The van der Waals surface area contributed by atoms with Crippen LogP contribution < -0.4 is 0 Å². The zero-order chi connectivity index (χ0) is 12.6. The molecule has 0 fully saturated rings. The lowest BCUT2D eigenvalue weighted by molar-refractivity contribution is 1.45. The van der Waals surface area contributed by atoms with E-state index in [1.54, 1.807) is 0 Å². The molecule has 2 aromatic carbocycles. The van der Waals surface area contributed by atoms with Crippen molar-refractivity contribution >= 4 is 6.08 Å². The lowest BCUT2D eigenvalue weighted by atomic mass is 10.1. The molecule has 2 aromatic rings. The van der Waals surface area contributed by atoms with E-state index in [2.05, 4.69) is 67.3 Å². The molecule has 0 spiro atoms. The molecule has 88 valence electrons. The fourth-order valence-corrected chi connectivity index (χ4v) is 1.61. The summed E-state index contributed by atoms with van der Waals surface area (Å²) >= 11 is 0. The van der Waals surface area contributed by atoms with Crippen LogP contribution in [0.4, 0.5) is 0 Å². The molecular formula is C18H16. The van der Waals surface area contributed by atoms with Gasteiger partial charge in [-0.1, -0.05) is 72.0 Å². The Morgan fingerprint density at radius 3 is 2.39 bits per heavy atom. The van der Waals surface area contributed by atoms with E-state index >= 15 is 0 Å². The van der Waals surface area contributed by atoms with E-state index in [9.17, 15) is 0 Å². The van der Waals surface area contributed by atoms with Crippen molar-refractivity contribution in [3.8, 4) is 11.8 Å². The van der Waals surface area contributed by atoms with Gasteiger partial charge in [0.05, 0.1) is 0 Å². The number of allylic oxidation sites excluding steroid dienone is 1. The van der Waals surface area contributed by atoms with Gasteiger partial charge in [-0.15, -0.1) is 0 Å². The average molecular weight is 232 g/mol. The number of benzene rings is 2. The van der Waals surface area contributed by atoms with E-state index in [0.29, 0.717) is 0 Å². The maximum absolute atomic E-state index is 3.16. The lowest BCUT2D eigenvalue weighted by Crippen LogP contribution is -1.74. The molecule has 0 N–H and O–H groups in total. The molecule has 0 saturated heterocycles. The number of hydrogen-bond acceptors (Lipinski definition) is 0. The van der Waals surface area contributed by atoms with Crippen molar-refractivity contribution in [2.24, 2.45) is 0 Å². The molecule has 0 bridgehead atoms. The Morgan fingerprint density at radius 1 is 0.944 bits per heavy atom. The minimum Gasteiger partial charge on any atom is -0.0937 e. The van der Waals surface area contributed by atoms with E-state index in [-0.39, 0.29) is 0 Å². The smallest absolute Gasteiger partial charge is 0.0276 e. The molecule has 0 heterocycles. The number of hydrogen-bond donors (Lipinski definition) is 0. The highest BCUT2D eigenvalue weighted by Gasteiger charge is 1.85.